The van der Waals surface area contributed by atoms with Crippen LogP contribution in [0.2, 0.25) is 4.34 Å². The molecule has 1 nitrogen and oxygen atoms in total. The summed E-state index contributed by atoms with van der Waals surface area (Å²) in [6.45, 7) is 2.01. The summed E-state index contributed by atoms with van der Waals surface area (Å²) in [5.41, 5.74) is 0. The SMILES string of the molecule is CCCNC(c1ccc(Cl)s1)C(F)(F)C(F)F. The summed E-state index contributed by atoms with van der Waals surface area (Å²) in [7, 11) is 0. The monoisotopic (exact) mass is 289 g/mol. The Bertz CT molecular complexity index is 356. The first-order valence-electron chi connectivity index (χ1n) is 5.04. The summed E-state index contributed by atoms with van der Waals surface area (Å²) in [6.07, 6.45) is -3.13. The lowest BCUT2D eigenvalue weighted by molar-refractivity contribution is -0.150. The van der Waals surface area contributed by atoms with Gasteiger partial charge in [-0.1, -0.05) is 18.5 Å². The van der Waals surface area contributed by atoms with Crippen LogP contribution in [0.1, 0.15) is 24.3 Å². The molecule has 1 aromatic heterocycles. The Labute approximate surface area is 106 Å². The molecule has 0 saturated carbocycles. The average molecular weight is 290 g/mol. The van der Waals surface area contributed by atoms with Crippen LogP contribution in [0.3, 0.4) is 0 Å². The minimum Gasteiger partial charge on any atom is -0.304 e. The van der Waals surface area contributed by atoms with E-state index in [2.05, 4.69) is 5.32 Å². The molecule has 7 heteroatoms. The van der Waals surface area contributed by atoms with Gasteiger partial charge in [0.15, 0.2) is 0 Å². The van der Waals surface area contributed by atoms with Crippen molar-refractivity contribution in [3.8, 4) is 0 Å². The Kier molecular flexibility index (Phi) is 5.22. The van der Waals surface area contributed by atoms with Crippen molar-refractivity contribution in [2.45, 2.75) is 31.7 Å². The van der Waals surface area contributed by atoms with Crippen molar-refractivity contribution in [2.75, 3.05) is 6.54 Å². The van der Waals surface area contributed by atoms with Crippen LogP contribution >= 0.6 is 22.9 Å². The summed E-state index contributed by atoms with van der Waals surface area (Å²) in [5, 5.41) is 2.44. The quantitative estimate of drug-likeness (QED) is 0.768. The molecule has 0 bridgehead atoms. The fourth-order valence-electron chi connectivity index (χ4n) is 1.32. The molecule has 0 aliphatic carbocycles. The Hall–Kier alpha value is -0.330. The van der Waals surface area contributed by atoms with Crippen LogP contribution in [0.25, 0.3) is 0 Å². The van der Waals surface area contributed by atoms with E-state index in [9.17, 15) is 17.6 Å². The van der Waals surface area contributed by atoms with Crippen molar-refractivity contribution < 1.29 is 17.6 Å². The van der Waals surface area contributed by atoms with Crippen molar-refractivity contribution in [1.29, 1.82) is 0 Å². The molecule has 1 unspecified atom stereocenters. The molecule has 0 radical (unpaired) electrons. The van der Waals surface area contributed by atoms with E-state index in [4.69, 9.17) is 11.6 Å². The van der Waals surface area contributed by atoms with E-state index in [0.717, 1.165) is 11.3 Å². The van der Waals surface area contributed by atoms with Crippen LogP contribution in [0.15, 0.2) is 12.1 Å². The van der Waals surface area contributed by atoms with E-state index in [1.165, 1.54) is 12.1 Å². The number of halogens is 5. The van der Waals surface area contributed by atoms with Crippen LogP contribution < -0.4 is 5.32 Å². The van der Waals surface area contributed by atoms with Gasteiger partial charge in [0.2, 0.25) is 0 Å². The largest absolute Gasteiger partial charge is 0.327 e. The van der Waals surface area contributed by atoms with Gasteiger partial charge in [-0.25, -0.2) is 8.78 Å². The zero-order chi connectivity index (χ0) is 13.1. The van der Waals surface area contributed by atoms with Gasteiger partial charge in [-0.2, -0.15) is 8.78 Å². The highest BCUT2D eigenvalue weighted by atomic mass is 35.5. The third kappa shape index (κ3) is 3.56. The molecule has 0 aliphatic heterocycles. The van der Waals surface area contributed by atoms with Gasteiger partial charge >= 0.3 is 12.3 Å². The molecule has 1 heterocycles. The second-order valence-electron chi connectivity index (χ2n) is 3.50. The van der Waals surface area contributed by atoms with Crippen LogP contribution in [-0.2, 0) is 0 Å². The van der Waals surface area contributed by atoms with Gasteiger partial charge in [-0.05, 0) is 25.1 Å². The summed E-state index contributed by atoms with van der Waals surface area (Å²) < 4.78 is 51.8. The number of rotatable bonds is 6. The van der Waals surface area contributed by atoms with Gasteiger partial charge in [0, 0.05) is 4.88 Å². The minimum absolute atomic E-state index is 0.119. The summed E-state index contributed by atoms with van der Waals surface area (Å²) >= 11 is 6.51. The normalized spacial score (nSPS) is 14.3. The maximum Gasteiger partial charge on any atom is 0.327 e. The fourth-order valence-corrected chi connectivity index (χ4v) is 2.51. The highest BCUT2D eigenvalue weighted by Gasteiger charge is 2.49. The highest BCUT2D eigenvalue weighted by Crippen LogP contribution is 2.40. The van der Waals surface area contributed by atoms with E-state index in [1.807, 2.05) is 0 Å². The molecule has 0 saturated heterocycles. The first-order chi connectivity index (χ1) is 7.89. The zero-order valence-corrected chi connectivity index (χ0v) is 10.6. The minimum atomic E-state index is -4.11. The lowest BCUT2D eigenvalue weighted by Gasteiger charge is -2.26. The Balaban J connectivity index is 2.95. The van der Waals surface area contributed by atoms with E-state index in [-0.39, 0.29) is 11.4 Å². The third-order valence-electron chi connectivity index (χ3n) is 2.15. The molecule has 1 N–H and O–H groups in total. The van der Waals surface area contributed by atoms with E-state index < -0.39 is 18.4 Å². The molecular formula is C10H12ClF4NS. The first kappa shape index (κ1) is 14.7. The molecule has 0 fully saturated rings. The molecule has 0 aliphatic rings. The van der Waals surface area contributed by atoms with Gasteiger partial charge < -0.3 is 5.32 Å². The molecule has 98 valence electrons. The molecule has 1 aromatic rings. The third-order valence-corrected chi connectivity index (χ3v) is 3.45. The molecule has 0 spiro atoms. The summed E-state index contributed by atoms with van der Waals surface area (Å²) in [4.78, 5) is 0.119. The average Bonchev–Trinajstić information content (AvgIpc) is 2.65. The van der Waals surface area contributed by atoms with Crippen molar-refractivity contribution in [3.05, 3.63) is 21.3 Å². The number of thiophene rings is 1. The van der Waals surface area contributed by atoms with Gasteiger partial charge in [-0.15, -0.1) is 11.3 Å². The van der Waals surface area contributed by atoms with Gasteiger partial charge in [0.05, 0.1) is 4.34 Å². The lowest BCUT2D eigenvalue weighted by atomic mass is 10.1. The van der Waals surface area contributed by atoms with E-state index >= 15 is 0 Å². The number of hydrogen-bond donors (Lipinski definition) is 1. The van der Waals surface area contributed by atoms with Crippen molar-refractivity contribution in [3.63, 3.8) is 0 Å². The fraction of sp³-hybridized carbons (Fsp3) is 0.600. The van der Waals surface area contributed by atoms with Gasteiger partial charge in [0.1, 0.15) is 6.04 Å². The zero-order valence-electron chi connectivity index (χ0n) is 9.02. The summed E-state index contributed by atoms with van der Waals surface area (Å²) in [5.74, 6) is -4.11. The maximum absolute atomic E-state index is 13.4. The molecular weight excluding hydrogens is 278 g/mol. The standard InChI is InChI=1S/C10H12ClF4NS/c1-2-5-16-8(10(14,15)9(12)13)6-3-4-7(11)17-6/h3-4,8-9,16H,2,5H2,1H3. The first-order valence-corrected chi connectivity index (χ1v) is 6.23. The smallest absolute Gasteiger partial charge is 0.304 e. The van der Waals surface area contributed by atoms with Crippen LogP contribution in [0, 0.1) is 0 Å². The van der Waals surface area contributed by atoms with Crippen LogP contribution in [-0.4, -0.2) is 18.9 Å². The highest BCUT2D eigenvalue weighted by molar-refractivity contribution is 7.16. The van der Waals surface area contributed by atoms with E-state index in [1.54, 1.807) is 6.92 Å². The predicted octanol–water partition coefficient (Wildman–Crippen LogP) is 4.34. The van der Waals surface area contributed by atoms with Crippen LogP contribution in [0.5, 0.6) is 0 Å². The van der Waals surface area contributed by atoms with Crippen molar-refractivity contribution in [1.82, 2.24) is 5.32 Å². The van der Waals surface area contributed by atoms with Gasteiger partial charge in [0.25, 0.3) is 0 Å². The topological polar surface area (TPSA) is 12.0 Å². The Morgan fingerprint density at radius 1 is 1.41 bits per heavy atom. The maximum atomic E-state index is 13.4. The summed E-state index contributed by atoms with van der Waals surface area (Å²) in [6, 6.07) is 1.07. The second-order valence-corrected chi connectivity index (χ2v) is 5.25. The number of nitrogens with one attached hydrogen (secondary N) is 1. The predicted molar refractivity (Wildman–Crippen MR) is 61.3 cm³/mol. The number of hydrogen-bond acceptors (Lipinski definition) is 2. The van der Waals surface area contributed by atoms with Gasteiger partial charge in [-0.3, -0.25) is 0 Å². The van der Waals surface area contributed by atoms with Crippen LogP contribution in [0.4, 0.5) is 17.6 Å². The molecule has 1 atom stereocenters. The lowest BCUT2D eigenvalue weighted by Crippen LogP contribution is -2.42. The van der Waals surface area contributed by atoms with E-state index in [0.29, 0.717) is 10.8 Å². The molecule has 0 amide bonds. The van der Waals surface area contributed by atoms with Crippen molar-refractivity contribution >= 4 is 22.9 Å². The Morgan fingerprint density at radius 2 is 2.06 bits per heavy atom. The molecule has 1 rings (SSSR count). The van der Waals surface area contributed by atoms with Crippen molar-refractivity contribution in [2.24, 2.45) is 0 Å². The molecule has 0 aromatic carbocycles. The number of alkyl halides is 4. The Morgan fingerprint density at radius 3 is 2.47 bits per heavy atom. The second kappa shape index (κ2) is 6.02. The molecule has 17 heavy (non-hydrogen) atoms.